The minimum absolute atomic E-state index is 0.0815. The highest BCUT2D eigenvalue weighted by molar-refractivity contribution is 5.81. The van der Waals surface area contributed by atoms with E-state index in [0.717, 1.165) is 11.3 Å². The number of ether oxygens (including phenoxy) is 1. The number of amides is 1. The van der Waals surface area contributed by atoms with Gasteiger partial charge in [-0.1, -0.05) is 12.1 Å². The third-order valence-electron chi connectivity index (χ3n) is 3.24. The summed E-state index contributed by atoms with van der Waals surface area (Å²) in [6.45, 7) is 5.90. The van der Waals surface area contributed by atoms with Gasteiger partial charge in [0.1, 0.15) is 5.75 Å². The predicted octanol–water partition coefficient (Wildman–Crippen LogP) is 1.57. The van der Waals surface area contributed by atoms with Gasteiger partial charge in [-0.2, -0.15) is 0 Å². The summed E-state index contributed by atoms with van der Waals surface area (Å²) in [5, 5.41) is 12.9. The van der Waals surface area contributed by atoms with Crippen LogP contribution in [0.25, 0.3) is 0 Å². The summed E-state index contributed by atoms with van der Waals surface area (Å²) in [5.41, 5.74) is 0.728. The van der Waals surface area contributed by atoms with Gasteiger partial charge in [0.2, 0.25) is 5.91 Å². The molecule has 0 fully saturated rings. The molecule has 0 aliphatic heterocycles. The summed E-state index contributed by atoms with van der Waals surface area (Å²) < 4.78 is 5.60. The van der Waals surface area contributed by atoms with E-state index in [1.54, 1.807) is 6.07 Å². The first-order valence-corrected chi connectivity index (χ1v) is 7.20. The Hall–Kier alpha value is -1.59. The second-order valence-corrected chi connectivity index (χ2v) is 5.64. The lowest BCUT2D eigenvalue weighted by Crippen LogP contribution is -2.42. The standard InChI is InChI=1S/C16H26N2O3/c1-11(2)21-14-8-6-7-13(9-14)15(19)10-17-16(20)12(3)18(4)5/h6-9,11-12,15,19H,10H2,1-5H3,(H,17,20)/t12-,15+/m0/s1. The fourth-order valence-corrected chi connectivity index (χ4v) is 1.76. The SMILES string of the molecule is CC(C)Oc1cccc([C@H](O)CNC(=O)[C@H](C)N(C)C)c1. The monoisotopic (exact) mass is 294 g/mol. The second kappa shape index (κ2) is 8.00. The van der Waals surface area contributed by atoms with E-state index in [1.165, 1.54) is 0 Å². The van der Waals surface area contributed by atoms with Crippen molar-refractivity contribution in [2.45, 2.75) is 39.0 Å². The number of rotatable bonds is 7. The third-order valence-corrected chi connectivity index (χ3v) is 3.24. The quantitative estimate of drug-likeness (QED) is 0.801. The van der Waals surface area contributed by atoms with Crippen molar-refractivity contribution in [1.82, 2.24) is 10.2 Å². The van der Waals surface area contributed by atoms with Crippen LogP contribution in [0.4, 0.5) is 0 Å². The second-order valence-electron chi connectivity index (χ2n) is 5.64. The summed E-state index contributed by atoms with van der Waals surface area (Å²) in [7, 11) is 3.68. The molecule has 5 heteroatoms. The van der Waals surface area contributed by atoms with Crippen LogP contribution in [-0.2, 0) is 4.79 Å². The van der Waals surface area contributed by atoms with Crippen LogP contribution < -0.4 is 10.1 Å². The molecule has 21 heavy (non-hydrogen) atoms. The highest BCUT2D eigenvalue weighted by Crippen LogP contribution is 2.19. The number of carbonyl (C=O) groups is 1. The Labute approximate surface area is 126 Å². The van der Waals surface area contributed by atoms with Crippen molar-refractivity contribution >= 4 is 5.91 Å². The Bertz CT molecular complexity index is 461. The maximum Gasteiger partial charge on any atom is 0.237 e. The number of benzene rings is 1. The molecule has 2 atom stereocenters. The largest absolute Gasteiger partial charge is 0.491 e. The smallest absolute Gasteiger partial charge is 0.237 e. The van der Waals surface area contributed by atoms with Gasteiger partial charge in [0.25, 0.3) is 0 Å². The maximum atomic E-state index is 11.8. The number of aliphatic hydroxyl groups excluding tert-OH is 1. The Morgan fingerprint density at radius 2 is 2.00 bits per heavy atom. The van der Waals surface area contributed by atoms with Gasteiger partial charge in [0.15, 0.2) is 0 Å². The molecule has 0 saturated carbocycles. The first-order chi connectivity index (χ1) is 9.81. The van der Waals surface area contributed by atoms with E-state index in [4.69, 9.17) is 4.74 Å². The van der Waals surface area contributed by atoms with Crippen LogP contribution in [0.2, 0.25) is 0 Å². The van der Waals surface area contributed by atoms with E-state index < -0.39 is 6.10 Å². The molecule has 0 radical (unpaired) electrons. The molecule has 118 valence electrons. The number of aliphatic hydroxyl groups is 1. The highest BCUT2D eigenvalue weighted by atomic mass is 16.5. The zero-order chi connectivity index (χ0) is 16.0. The van der Waals surface area contributed by atoms with Crippen molar-refractivity contribution in [2.75, 3.05) is 20.6 Å². The number of carbonyl (C=O) groups excluding carboxylic acids is 1. The summed E-state index contributed by atoms with van der Waals surface area (Å²) in [6, 6.07) is 7.07. The van der Waals surface area contributed by atoms with E-state index in [2.05, 4.69) is 5.32 Å². The van der Waals surface area contributed by atoms with Crippen LogP contribution in [-0.4, -0.2) is 48.7 Å². The van der Waals surface area contributed by atoms with Crippen molar-refractivity contribution in [3.8, 4) is 5.75 Å². The highest BCUT2D eigenvalue weighted by Gasteiger charge is 2.16. The van der Waals surface area contributed by atoms with E-state index >= 15 is 0 Å². The molecule has 0 heterocycles. The first kappa shape index (κ1) is 17.5. The van der Waals surface area contributed by atoms with Gasteiger partial charge in [-0.25, -0.2) is 0 Å². The van der Waals surface area contributed by atoms with Gasteiger partial charge in [-0.15, -0.1) is 0 Å². The van der Waals surface area contributed by atoms with Crippen molar-refractivity contribution in [3.63, 3.8) is 0 Å². The molecule has 0 spiro atoms. The lowest BCUT2D eigenvalue weighted by molar-refractivity contribution is -0.125. The molecule has 5 nitrogen and oxygen atoms in total. The Morgan fingerprint density at radius 1 is 1.33 bits per heavy atom. The fourth-order valence-electron chi connectivity index (χ4n) is 1.76. The van der Waals surface area contributed by atoms with Crippen LogP contribution in [0.5, 0.6) is 5.75 Å². The molecule has 0 saturated heterocycles. The Balaban J connectivity index is 2.59. The Morgan fingerprint density at radius 3 is 2.57 bits per heavy atom. The van der Waals surface area contributed by atoms with Crippen LogP contribution in [0.3, 0.4) is 0 Å². The van der Waals surface area contributed by atoms with Gasteiger partial charge >= 0.3 is 0 Å². The molecular weight excluding hydrogens is 268 g/mol. The lowest BCUT2D eigenvalue weighted by atomic mass is 10.1. The van der Waals surface area contributed by atoms with Crippen LogP contribution >= 0.6 is 0 Å². The zero-order valence-electron chi connectivity index (χ0n) is 13.5. The Kier molecular flexibility index (Phi) is 6.65. The first-order valence-electron chi connectivity index (χ1n) is 7.20. The van der Waals surface area contributed by atoms with Gasteiger partial charge < -0.3 is 15.2 Å². The molecule has 0 unspecified atom stereocenters. The summed E-state index contributed by atoms with van der Waals surface area (Å²) >= 11 is 0. The molecule has 1 amide bonds. The van der Waals surface area contributed by atoms with Gasteiger partial charge in [-0.3, -0.25) is 9.69 Å². The lowest BCUT2D eigenvalue weighted by Gasteiger charge is -2.20. The summed E-state index contributed by atoms with van der Waals surface area (Å²) in [4.78, 5) is 13.7. The predicted molar refractivity (Wildman–Crippen MR) is 83.3 cm³/mol. The molecule has 0 aliphatic rings. The molecule has 1 aromatic carbocycles. The molecule has 0 aliphatic carbocycles. The molecule has 1 rings (SSSR count). The van der Waals surface area contributed by atoms with E-state index in [-0.39, 0.29) is 24.6 Å². The summed E-state index contributed by atoms with van der Waals surface area (Å²) in [6.07, 6.45) is -0.669. The number of hydrogen-bond acceptors (Lipinski definition) is 4. The van der Waals surface area contributed by atoms with Crippen molar-refractivity contribution in [3.05, 3.63) is 29.8 Å². The normalized spacial score (nSPS) is 14.1. The average molecular weight is 294 g/mol. The molecule has 0 aromatic heterocycles. The molecule has 2 N–H and O–H groups in total. The minimum atomic E-state index is -0.751. The van der Waals surface area contributed by atoms with Crippen LogP contribution in [0.15, 0.2) is 24.3 Å². The molecular formula is C16H26N2O3. The van der Waals surface area contributed by atoms with E-state index in [0.29, 0.717) is 0 Å². The third kappa shape index (κ3) is 5.73. The minimum Gasteiger partial charge on any atom is -0.491 e. The van der Waals surface area contributed by atoms with Crippen molar-refractivity contribution in [2.24, 2.45) is 0 Å². The topological polar surface area (TPSA) is 61.8 Å². The van der Waals surface area contributed by atoms with E-state index in [1.807, 2.05) is 58.0 Å². The number of hydrogen-bond donors (Lipinski definition) is 2. The van der Waals surface area contributed by atoms with Gasteiger partial charge in [0, 0.05) is 6.54 Å². The number of nitrogens with one attached hydrogen (secondary N) is 1. The van der Waals surface area contributed by atoms with E-state index in [9.17, 15) is 9.90 Å². The van der Waals surface area contributed by atoms with Crippen LogP contribution in [0.1, 0.15) is 32.4 Å². The van der Waals surface area contributed by atoms with Crippen LogP contribution in [0, 0.1) is 0 Å². The average Bonchev–Trinajstić information content (AvgIpc) is 2.42. The molecule has 0 bridgehead atoms. The zero-order valence-corrected chi connectivity index (χ0v) is 13.5. The number of nitrogens with zero attached hydrogens (tertiary/aromatic N) is 1. The molecule has 1 aromatic rings. The number of likely N-dealkylation sites (N-methyl/N-ethyl adjacent to an activating group) is 1. The maximum absolute atomic E-state index is 11.8. The van der Waals surface area contributed by atoms with Gasteiger partial charge in [-0.05, 0) is 52.6 Å². The fraction of sp³-hybridized carbons (Fsp3) is 0.562. The van der Waals surface area contributed by atoms with Crippen molar-refractivity contribution in [1.29, 1.82) is 0 Å². The van der Waals surface area contributed by atoms with Crippen molar-refractivity contribution < 1.29 is 14.6 Å². The van der Waals surface area contributed by atoms with Gasteiger partial charge in [0.05, 0.1) is 18.2 Å². The summed E-state index contributed by atoms with van der Waals surface area (Å²) in [5.74, 6) is 0.614.